The van der Waals surface area contributed by atoms with Crippen LogP contribution in [0.3, 0.4) is 0 Å². The highest BCUT2D eigenvalue weighted by atomic mass is 16.8. The number of carbonyl (C=O) groups is 2. The van der Waals surface area contributed by atoms with Crippen molar-refractivity contribution < 1.29 is 33.6 Å². The quantitative estimate of drug-likeness (QED) is 0.686. The summed E-state index contributed by atoms with van der Waals surface area (Å²) in [5.74, 6) is -1.53. The Labute approximate surface area is 152 Å². The van der Waals surface area contributed by atoms with Crippen molar-refractivity contribution in [2.75, 3.05) is 0 Å². The van der Waals surface area contributed by atoms with Gasteiger partial charge in [-0.3, -0.25) is 9.59 Å². The van der Waals surface area contributed by atoms with Crippen molar-refractivity contribution in [2.24, 2.45) is 0 Å². The minimum absolute atomic E-state index is 0.437. The number of aliphatic hydroxyl groups excluding tert-OH is 1. The topological polar surface area (TPSA) is 97.9 Å². The van der Waals surface area contributed by atoms with Crippen LogP contribution in [0.5, 0.6) is 11.5 Å². The lowest BCUT2D eigenvalue weighted by Crippen LogP contribution is -2.72. The van der Waals surface area contributed by atoms with Crippen molar-refractivity contribution in [3.63, 3.8) is 0 Å². The van der Waals surface area contributed by atoms with Gasteiger partial charge in [0.2, 0.25) is 11.4 Å². The fourth-order valence-electron chi connectivity index (χ4n) is 5.08. The smallest absolute Gasteiger partial charge is 0.321 e. The second-order valence-electron chi connectivity index (χ2n) is 7.51. The van der Waals surface area contributed by atoms with Crippen molar-refractivity contribution in [2.45, 2.75) is 35.3 Å². The number of Topliss-reactive ketones (excluding diaryl/α,β-unsaturated/α-hetero) is 1. The highest BCUT2D eigenvalue weighted by Crippen LogP contribution is 2.70. The van der Waals surface area contributed by atoms with Crippen LogP contribution in [0, 0.1) is 0 Å². The van der Waals surface area contributed by atoms with Crippen LogP contribution in [0.4, 0.5) is 0 Å². The molecule has 1 saturated carbocycles. The highest BCUT2D eigenvalue weighted by molar-refractivity contribution is 6.15. The number of ketones is 2. The van der Waals surface area contributed by atoms with E-state index in [0.717, 1.165) is 10.8 Å². The molecule has 0 radical (unpaired) electrons. The van der Waals surface area contributed by atoms with Crippen molar-refractivity contribution in [1.29, 1.82) is 0 Å². The zero-order valence-corrected chi connectivity index (χ0v) is 13.7. The van der Waals surface area contributed by atoms with E-state index in [4.69, 9.17) is 18.9 Å². The molecule has 2 saturated heterocycles. The van der Waals surface area contributed by atoms with E-state index >= 15 is 0 Å². The van der Waals surface area contributed by atoms with E-state index in [1.54, 1.807) is 12.1 Å². The summed E-state index contributed by atoms with van der Waals surface area (Å²) in [4.78, 5) is 25.8. The average molecular weight is 364 g/mol. The number of ether oxygens (including phenoxy) is 4. The molecule has 5 atom stereocenters. The molecule has 0 amide bonds. The fourth-order valence-corrected chi connectivity index (χ4v) is 5.08. The third-order valence-corrected chi connectivity index (χ3v) is 6.32. The van der Waals surface area contributed by atoms with Crippen molar-refractivity contribution in [1.82, 2.24) is 0 Å². The van der Waals surface area contributed by atoms with Gasteiger partial charge in [-0.1, -0.05) is 24.3 Å². The molecule has 3 heterocycles. The number of hydrogen-bond acceptors (Lipinski definition) is 7. The lowest BCUT2D eigenvalue weighted by atomic mass is 9.67. The SMILES string of the molecule is O=C1C=C[C@H](O)[C@@]23OC12C1(Oc2cccc4cccc(c24)O1)C1O[C@@H]1C3=O. The average Bonchev–Trinajstić information content (AvgIpc) is 3.57. The molecule has 3 fully saturated rings. The Kier molecular flexibility index (Phi) is 2.08. The van der Waals surface area contributed by atoms with Gasteiger partial charge < -0.3 is 24.1 Å². The molecule has 7 heteroatoms. The van der Waals surface area contributed by atoms with Crippen LogP contribution in [0.25, 0.3) is 10.8 Å². The van der Waals surface area contributed by atoms with Gasteiger partial charge in [0.1, 0.15) is 17.6 Å². The summed E-state index contributed by atoms with van der Waals surface area (Å²) in [6.45, 7) is 0. The molecule has 2 unspecified atom stereocenters. The predicted molar refractivity (Wildman–Crippen MR) is 88.3 cm³/mol. The predicted octanol–water partition coefficient (Wildman–Crippen LogP) is 0.665. The summed E-state index contributed by atoms with van der Waals surface area (Å²) in [6.07, 6.45) is -0.392. The monoisotopic (exact) mass is 364 g/mol. The number of hydrogen-bond donors (Lipinski definition) is 1. The lowest BCUT2D eigenvalue weighted by molar-refractivity contribution is -0.189. The van der Waals surface area contributed by atoms with Gasteiger partial charge in [0.25, 0.3) is 5.60 Å². The number of carbonyl (C=O) groups excluding carboxylic acids is 2. The van der Waals surface area contributed by atoms with E-state index in [9.17, 15) is 14.7 Å². The molecule has 1 N–H and O–H groups in total. The van der Waals surface area contributed by atoms with Crippen LogP contribution in [0.2, 0.25) is 0 Å². The summed E-state index contributed by atoms with van der Waals surface area (Å²) < 4.78 is 24.0. The molecule has 3 aliphatic heterocycles. The van der Waals surface area contributed by atoms with E-state index in [0.29, 0.717) is 11.5 Å². The number of fused-ring (bicyclic) bond motifs is 2. The van der Waals surface area contributed by atoms with Crippen LogP contribution in [0.1, 0.15) is 0 Å². The Morgan fingerprint density at radius 1 is 1.00 bits per heavy atom. The maximum Gasteiger partial charge on any atom is 0.321 e. The minimum Gasteiger partial charge on any atom is -0.446 e. The first-order chi connectivity index (χ1) is 13.1. The Hall–Kier alpha value is -2.74. The summed E-state index contributed by atoms with van der Waals surface area (Å²) in [6, 6.07) is 11.1. The van der Waals surface area contributed by atoms with Gasteiger partial charge in [-0.05, 0) is 29.7 Å². The van der Waals surface area contributed by atoms with Crippen molar-refractivity contribution >= 4 is 22.3 Å². The van der Waals surface area contributed by atoms with Gasteiger partial charge in [0, 0.05) is 0 Å². The normalized spacial score (nSPS) is 41.3. The third kappa shape index (κ3) is 1.24. The summed E-state index contributed by atoms with van der Waals surface area (Å²) >= 11 is 0. The number of epoxide rings is 2. The van der Waals surface area contributed by atoms with Crippen molar-refractivity contribution in [3.8, 4) is 11.5 Å². The van der Waals surface area contributed by atoms with Gasteiger partial charge in [0.05, 0.1) is 5.39 Å². The largest absolute Gasteiger partial charge is 0.446 e. The number of aliphatic hydroxyl groups is 1. The molecule has 2 aromatic carbocycles. The minimum atomic E-state index is -1.77. The molecular formula is C20H12O7. The van der Waals surface area contributed by atoms with E-state index < -0.39 is 46.9 Å². The van der Waals surface area contributed by atoms with E-state index in [1.807, 2.05) is 24.3 Å². The van der Waals surface area contributed by atoms with Gasteiger partial charge in [0.15, 0.2) is 18.0 Å². The lowest BCUT2D eigenvalue weighted by Gasteiger charge is -2.44. The summed E-state index contributed by atoms with van der Waals surface area (Å²) in [5, 5.41) is 12.2. The first kappa shape index (κ1) is 14.3. The number of rotatable bonds is 0. The molecule has 134 valence electrons. The molecular weight excluding hydrogens is 352 g/mol. The fraction of sp³-hybridized carbons (Fsp3) is 0.300. The second kappa shape index (κ2) is 3.91. The van der Waals surface area contributed by atoms with E-state index in [-0.39, 0.29) is 0 Å². The maximum atomic E-state index is 13.0. The molecule has 0 bridgehead atoms. The second-order valence-corrected chi connectivity index (χ2v) is 7.51. The Balaban J connectivity index is 1.51. The first-order valence-corrected chi connectivity index (χ1v) is 8.76. The molecule has 7 nitrogen and oxygen atoms in total. The molecule has 2 aromatic rings. The third-order valence-electron chi connectivity index (χ3n) is 6.32. The number of benzene rings is 2. The summed E-state index contributed by atoms with van der Waals surface area (Å²) in [5.41, 5.74) is -3.49. The maximum absolute atomic E-state index is 13.0. The zero-order chi connectivity index (χ0) is 18.2. The summed E-state index contributed by atoms with van der Waals surface area (Å²) in [7, 11) is 0. The Morgan fingerprint density at radius 2 is 1.70 bits per heavy atom. The molecule has 27 heavy (non-hydrogen) atoms. The zero-order valence-electron chi connectivity index (χ0n) is 13.7. The van der Waals surface area contributed by atoms with Crippen LogP contribution < -0.4 is 9.47 Å². The molecule has 5 aliphatic rings. The highest BCUT2D eigenvalue weighted by Gasteiger charge is 3.00. The molecule has 7 rings (SSSR count). The van der Waals surface area contributed by atoms with Crippen LogP contribution in [-0.4, -0.2) is 52.0 Å². The molecule has 0 aromatic heterocycles. The Bertz CT molecular complexity index is 1100. The van der Waals surface area contributed by atoms with Gasteiger partial charge >= 0.3 is 5.79 Å². The van der Waals surface area contributed by atoms with E-state index in [2.05, 4.69) is 0 Å². The van der Waals surface area contributed by atoms with E-state index in [1.165, 1.54) is 12.2 Å². The molecule has 2 aliphatic carbocycles. The van der Waals surface area contributed by atoms with Gasteiger partial charge in [-0.2, -0.15) is 0 Å². The van der Waals surface area contributed by atoms with Gasteiger partial charge in [-0.25, -0.2) is 0 Å². The van der Waals surface area contributed by atoms with Crippen LogP contribution in [0.15, 0.2) is 48.6 Å². The van der Waals surface area contributed by atoms with Gasteiger partial charge in [-0.15, -0.1) is 0 Å². The van der Waals surface area contributed by atoms with Crippen LogP contribution >= 0.6 is 0 Å². The van der Waals surface area contributed by atoms with Crippen molar-refractivity contribution in [3.05, 3.63) is 48.6 Å². The molecule has 1 spiro atoms. The standard InChI is InChI=1S/C20H12O7/c21-12-7-8-13(22)19-18(12,27-19)16(23)15-17(24-15)20(19)25-10-5-1-3-9-4-2-6-11(26-20)14(9)10/h1-8,12,15,17,21H/t12-,15+,17?,18-,19?/m0/s1. The first-order valence-electron chi connectivity index (χ1n) is 8.76. The van der Waals surface area contributed by atoms with Crippen LogP contribution in [-0.2, 0) is 19.1 Å². The Morgan fingerprint density at radius 3 is 2.41 bits per heavy atom.